The van der Waals surface area contributed by atoms with E-state index in [4.69, 9.17) is 0 Å². The van der Waals surface area contributed by atoms with Crippen molar-refractivity contribution in [1.82, 2.24) is 0 Å². The van der Waals surface area contributed by atoms with Gasteiger partial charge in [0.2, 0.25) is 0 Å². The molecule has 0 nitrogen and oxygen atoms in total. The standard InChI is InChI=1S/C16H32Br2.2ClH/c17-15-13-11-9-7-5-3-1-2-4-6-8-10-12-14-16-18;;/h1-16H2;2*1H. The molecule has 0 radical (unpaired) electrons. The van der Waals surface area contributed by atoms with Crippen molar-refractivity contribution in [1.29, 1.82) is 0 Å². The minimum Gasteiger partial charge on any atom is -0.147 e. The second kappa shape index (κ2) is 25.5. The minimum absolute atomic E-state index is 0. The van der Waals surface area contributed by atoms with Gasteiger partial charge in [-0.15, -0.1) is 24.8 Å². The lowest BCUT2D eigenvalue weighted by molar-refractivity contribution is 0.539. The first-order valence-corrected chi connectivity index (χ1v) is 10.3. The lowest BCUT2D eigenvalue weighted by Gasteiger charge is -2.02. The van der Waals surface area contributed by atoms with Gasteiger partial charge in [0.1, 0.15) is 0 Å². The molecule has 0 heterocycles. The molecule has 0 amide bonds. The van der Waals surface area contributed by atoms with Crippen LogP contribution in [0.1, 0.15) is 89.9 Å². The van der Waals surface area contributed by atoms with Gasteiger partial charge in [0.05, 0.1) is 0 Å². The zero-order valence-corrected chi connectivity index (χ0v) is 17.7. The van der Waals surface area contributed by atoms with Crippen molar-refractivity contribution in [3.63, 3.8) is 0 Å². The summed E-state index contributed by atoms with van der Waals surface area (Å²) in [5, 5.41) is 2.37. The normalized spacial score (nSPS) is 9.90. The van der Waals surface area contributed by atoms with Gasteiger partial charge in [0, 0.05) is 10.7 Å². The number of halogens is 4. The monoisotopic (exact) mass is 454 g/mol. The van der Waals surface area contributed by atoms with Gasteiger partial charge in [-0.1, -0.05) is 109 Å². The van der Waals surface area contributed by atoms with Crippen LogP contribution in [0.2, 0.25) is 0 Å². The third-order valence-electron chi connectivity index (χ3n) is 3.52. The Morgan fingerprint density at radius 1 is 0.300 bits per heavy atom. The van der Waals surface area contributed by atoms with Crippen LogP contribution in [0.5, 0.6) is 0 Å². The fourth-order valence-corrected chi connectivity index (χ4v) is 3.10. The number of hydrogen-bond acceptors (Lipinski definition) is 0. The van der Waals surface area contributed by atoms with Gasteiger partial charge >= 0.3 is 0 Å². The van der Waals surface area contributed by atoms with Crippen LogP contribution in [0.4, 0.5) is 0 Å². The van der Waals surface area contributed by atoms with Gasteiger partial charge in [-0.25, -0.2) is 0 Å². The Labute approximate surface area is 156 Å². The molecule has 0 aliphatic rings. The van der Waals surface area contributed by atoms with E-state index in [1.807, 2.05) is 0 Å². The quantitative estimate of drug-likeness (QED) is 0.172. The first kappa shape index (κ1) is 26.4. The highest BCUT2D eigenvalue weighted by atomic mass is 79.9. The molecule has 0 aliphatic heterocycles. The molecule has 0 atom stereocenters. The molecule has 0 bridgehead atoms. The van der Waals surface area contributed by atoms with E-state index in [2.05, 4.69) is 31.9 Å². The van der Waals surface area contributed by atoms with Crippen LogP contribution in [0.3, 0.4) is 0 Å². The zero-order chi connectivity index (χ0) is 13.3. The Morgan fingerprint density at radius 3 is 0.600 bits per heavy atom. The molecule has 20 heavy (non-hydrogen) atoms. The first-order valence-electron chi connectivity index (χ1n) is 8.03. The first-order chi connectivity index (χ1) is 8.91. The number of hydrogen-bond donors (Lipinski definition) is 0. The smallest absolute Gasteiger partial charge is 0.00313 e. The third-order valence-corrected chi connectivity index (χ3v) is 4.64. The molecule has 0 aromatic carbocycles. The van der Waals surface area contributed by atoms with Crippen molar-refractivity contribution in [2.24, 2.45) is 0 Å². The Hall–Kier alpha value is 1.54. The number of rotatable bonds is 15. The van der Waals surface area contributed by atoms with Crippen LogP contribution in [-0.4, -0.2) is 10.7 Å². The van der Waals surface area contributed by atoms with E-state index < -0.39 is 0 Å². The molecule has 0 aliphatic carbocycles. The number of unbranched alkanes of at least 4 members (excludes halogenated alkanes) is 13. The molecule has 4 heteroatoms. The largest absolute Gasteiger partial charge is 0.147 e. The molecule has 0 aromatic heterocycles. The van der Waals surface area contributed by atoms with E-state index in [9.17, 15) is 0 Å². The van der Waals surface area contributed by atoms with Gasteiger partial charge in [0.15, 0.2) is 0 Å². The van der Waals surface area contributed by atoms with Crippen molar-refractivity contribution < 1.29 is 0 Å². The van der Waals surface area contributed by atoms with Gasteiger partial charge in [-0.2, -0.15) is 0 Å². The van der Waals surface area contributed by atoms with E-state index in [0.29, 0.717) is 0 Å². The number of alkyl halides is 2. The lowest BCUT2D eigenvalue weighted by Crippen LogP contribution is -1.83. The summed E-state index contributed by atoms with van der Waals surface area (Å²) < 4.78 is 0. The van der Waals surface area contributed by atoms with E-state index in [1.54, 1.807) is 0 Å². The molecule has 0 unspecified atom stereocenters. The van der Waals surface area contributed by atoms with Crippen molar-refractivity contribution >= 4 is 56.7 Å². The Balaban J connectivity index is -0.00000144. The molecule has 126 valence electrons. The summed E-state index contributed by atoms with van der Waals surface area (Å²) in [4.78, 5) is 0. The summed E-state index contributed by atoms with van der Waals surface area (Å²) >= 11 is 6.97. The molecular weight excluding hydrogens is 423 g/mol. The average molecular weight is 457 g/mol. The highest BCUT2D eigenvalue weighted by molar-refractivity contribution is 9.09. The Bertz CT molecular complexity index is 130. The predicted molar refractivity (Wildman–Crippen MR) is 107 cm³/mol. The zero-order valence-electron chi connectivity index (χ0n) is 12.9. The van der Waals surface area contributed by atoms with Crippen LogP contribution < -0.4 is 0 Å². The summed E-state index contributed by atoms with van der Waals surface area (Å²) in [7, 11) is 0. The second-order valence-electron chi connectivity index (χ2n) is 5.33. The molecule has 0 saturated heterocycles. The van der Waals surface area contributed by atoms with Gasteiger partial charge in [-0.3, -0.25) is 0 Å². The lowest BCUT2D eigenvalue weighted by atomic mass is 10.0. The summed E-state index contributed by atoms with van der Waals surface area (Å²) in [6.07, 6.45) is 20.2. The summed E-state index contributed by atoms with van der Waals surface area (Å²) in [6, 6.07) is 0. The average Bonchev–Trinajstić information content (AvgIpc) is 2.39. The topological polar surface area (TPSA) is 0 Å². The van der Waals surface area contributed by atoms with Crippen LogP contribution in [-0.2, 0) is 0 Å². The molecule has 0 saturated carbocycles. The minimum atomic E-state index is 0. The fourth-order valence-electron chi connectivity index (χ4n) is 2.31. The van der Waals surface area contributed by atoms with E-state index in [0.717, 1.165) is 0 Å². The van der Waals surface area contributed by atoms with Crippen LogP contribution in [0, 0.1) is 0 Å². The van der Waals surface area contributed by atoms with Gasteiger partial charge in [-0.05, 0) is 12.8 Å². The SMILES string of the molecule is BrCCCCCCCCCCCCCCCCBr.Cl.Cl. The maximum Gasteiger partial charge on any atom is 0.00313 e. The second-order valence-corrected chi connectivity index (χ2v) is 6.91. The molecule has 0 N–H and O–H groups in total. The molecule has 0 rings (SSSR count). The highest BCUT2D eigenvalue weighted by Gasteiger charge is 1.93. The Morgan fingerprint density at radius 2 is 0.450 bits per heavy atom. The summed E-state index contributed by atoms with van der Waals surface area (Å²) in [6.45, 7) is 0. The van der Waals surface area contributed by atoms with Crippen molar-refractivity contribution in [3.05, 3.63) is 0 Å². The maximum absolute atomic E-state index is 3.48. The summed E-state index contributed by atoms with van der Waals surface area (Å²) in [5.41, 5.74) is 0. The van der Waals surface area contributed by atoms with E-state index in [1.165, 1.54) is 101 Å². The fraction of sp³-hybridized carbons (Fsp3) is 1.00. The van der Waals surface area contributed by atoms with E-state index >= 15 is 0 Å². The Kier molecular flexibility index (Phi) is 33.7. The van der Waals surface area contributed by atoms with E-state index in [-0.39, 0.29) is 24.8 Å². The van der Waals surface area contributed by atoms with Crippen molar-refractivity contribution in [2.45, 2.75) is 89.9 Å². The molecule has 0 spiro atoms. The van der Waals surface area contributed by atoms with Crippen molar-refractivity contribution in [2.75, 3.05) is 10.7 Å². The molecule has 0 aromatic rings. The third kappa shape index (κ3) is 24.6. The van der Waals surface area contributed by atoms with Gasteiger partial charge < -0.3 is 0 Å². The highest BCUT2D eigenvalue weighted by Crippen LogP contribution is 2.13. The van der Waals surface area contributed by atoms with Gasteiger partial charge in [0.25, 0.3) is 0 Å². The maximum atomic E-state index is 3.48. The van der Waals surface area contributed by atoms with Crippen LogP contribution in [0.25, 0.3) is 0 Å². The van der Waals surface area contributed by atoms with Crippen LogP contribution in [0.15, 0.2) is 0 Å². The summed E-state index contributed by atoms with van der Waals surface area (Å²) in [5.74, 6) is 0. The predicted octanol–water partition coefficient (Wildman–Crippen LogP) is 8.08. The molecular formula is C16H34Br2Cl2. The molecule has 0 fully saturated rings. The van der Waals surface area contributed by atoms with Crippen molar-refractivity contribution in [3.8, 4) is 0 Å². The van der Waals surface area contributed by atoms with Crippen LogP contribution >= 0.6 is 56.7 Å².